The monoisotopic (exact) mass is 434 g/mol. The molecule has 0 spiro atoms. The Morgan fingerprint density at radius 3 is 0.633 bits per heavy atom. The van der Waals surface area contributed by atoms with Crippen LogP contribution >= 0.6 is 0 Å². The number of hydrogen-bond acceptors (Lipinski definition) is 0. The van der Waals surface area contributed by atoms with Crippen LogP contribution in [0, 0.1) is 58.5 Å². The van der Waals surface area contributed by atoms with Crippen molar-refractivity contribution >= 4 is 16.1 Å². The van der Waals surface area contributed by atoms with Crippen molar-refractivity contribution in [2.24, 2.45) is 0 Å². The fourth-order valence-electron chi connectivity index (χ4n) is 5.33. The Morgan fingerprint density at radius 1 is 0.300 bits per heavy atom. The van der Waals surface area contributed by atoms with Crippen molar-refractivity contribution in [2.75, 3.05) is 0 Å². The average Bonchev–Trinajstić information content (AvgIpc) is 2.60. The van der Waals surface area contributed by atoms with Crippen LogP contribution in [0.3, 0.4) is 0 Å². The van der Waals surface area contributed by atoms with Gasteiger partial charge >= 0.3 is 0 Å². The molecule has 0 amide bonds. The van der Waals surface area contributed by atoms with Gasteiger partial charge in [0.05, 0.1) is 0 Å². The molecular weight excluding hydrogens is 392 g/mol. The van der Waals surface area contributed by atoms with Gasteiger partial charge in [-0.3, -0.25) is 0 Å². The Morgan fingerprint density at radius 2 is 0.467 bits per heavy atom. The second-order valence-corrected chi connectivity index (χ2v) is 21.2. The lowest BCUT2D eigenvalue weighted by Crippen LogP contribution is -2.43. The van der Waals surface area contributed by atoms with Crippen LogP contribution in [0.2, 0.25) is 33.2 Å². The Hall–Kier alpha value is -1.77. The molecule has 0 aliphatic heterocycles. The van der Waals surface area contributed by atoms with Crippen LogP contribution in [-0.2, 0) is 0 Å². The highest BCUT2D eigenvalue weighted by atomic mass is 28.3. The van der Waals surface area contributed by atoms with Gasteiger partial charge in [0.15, 0.2) is 0 Å². The van der Waals surface area contributed by atoms with Gasteiger partial charge in [0, 0.05) is 0 Å². The maximum absolute atomic E-state index is 3.58. The predicted octanol–water partition coefficient (Wildman–Crippen LogP) is 7.44. The molecule has 2 heteroatoms. The first-order valence-corrected chi connectivity index (χ1v) is 15.9. The Bertz CT molecular complexity index is 742. The predicted molar refractivity (Wildman–Crippen MR) is 141 cm³/mol. The van der Waals surface area contributed by atoms with E-state index in [9.17, 15) is 0 Å². The SMILES string of the molecule is CC(C)[Si](C#CC#CC#CC#CC#C[Si](C(C)C)(C(C)C)C(C)C)(C(C)C)C(C)C. The molecule has 0 nitrogen and oxygen atoms in total. The third-order valence-corrected chi connectivity index (χ3v) is 19.3. The van der Waals surface area contributed by atoms with Crippen LogP contribution in [0.1, 0.15) is 83.1 Å². The van der Waals surface area contributed by atoms with Crippen LogP contribution in [0.4, 0.5) is 0 Å². The van der Waals surface area contributed by atoms with E-state index in [1.54, 1.807) is 0 Å². The summed E-state index contributed by atoms with van der Waals surface area (Å²) >= 11 is 0. The molecule has 0 aromatic rings. The van der Waals surface area contributed by atoms with Gasteiger partial charge in [-0.05, 0) is 80.6 Å². The van der Waals surface area contributed by atoms with Gasteiger partial charge in [0.2, 0.25) is 0 Å². The Labute approximate surface area is 190 Å². The van der Waals surface area contributed by atoms with Gasteiger partial charge in [0.25, 0.3) is 0 Å². The fraction of sp³-hybridized carbons (Fsp3) is 0.643. The second kappa shape index (κ2) is 12.8. The zero-order chi connectivity index (χ0) is 23.5. The molecule has 0 aliphatic rings. The molecule has 0 aliphatic carbocycles. The minimum absolute atomic E-state index is 0.612. The molecule has 0 saturated carbocycles. The summed E-state index contributed by atoms with van der Waals surface area (Å²) < 4.78 is 0. The molecule has 0 aromatic heterocycles. The van der Waals surface area contributed by atoms with Gasteiger partial charge < -0.3 is 0 Å². The van der Waals surface area contributed by atoms with Gasteiger partial charge in [-0.2, -0.15) is 0 Å². The number of hydrogen-bond donors (Lipinski definition) is 0. The van der Waals surface area contributed by atoms with Crippen molar-refractivity contribution in [1.82, 2.24) is 0 Å². The van der Waals surface area contributed by atoms with Crippen molar-refractivity contribution in [3.63, 3.8) is 0 Å². The molecule has 0 unspecified atom stereocenters. The van der Waals surface area contributed by atoms with Crippen molar-refractivity contribution in [2.45, 2.75) is 116 Å². The van der Waals surface area contributed by atoms with Crippen LogP contribution < -0.4 is 0 Å². The molecule has 0 atom stereocenters. The molecule has 0 radical (unpaired) electrons. The molecule has 0 aromatic carbocycles. The fourth-order valence-corrected chi connectivity index (χ4v) is 15.6. The topological polar surface area (TPSA) is 0 Å². The molecule has 0 rings (SSSR count). The zero-order valence-electron chi connectivity index (χ0n) is 21.5. The molecule has 0 saturated heterocycles. The normalized spacial score (nSPS) is 11.1. The minimum Gasteiger partial charge on any atom is -0.116 e. The van der Waals surface area contributed by atoms with Gasteiger partial charge in [-0.1, -0.05) is 83.1 Å². The largest absolute Gasteiger partial charge is 0.147 e. The second-order valence-electron chi connectivity index (χ2n) is 10.0. The summed E-state index contributed by atoms with van der Waals surface area (Å²) in [5.74, 6) is 23.3. The highest BCUT2D eigenvalue weighted by Crippen LogP contribution is 2.41. The van der Waals surface area contributed by atoms with E-state index in [1.165, 1.54) is 0 Å². The van der Waals surface area contributed by atoms with Crippen LogP contribution in [0.15, 0.2) is 0 Å². The summed E-state index contributed by atoms with van der Waals surface area (Å²) in [7, 11) is -3.43. The molecule has 0 heterocycles. The van der Waals surface area contributed by atoms with E-state index in [2.05, 4.69) is 142 Å². The summed E-state index contributed by atoms with van der Waals surface area (Å²) in [5, 5.41) is 0. The first-order valence-electron chi connectivity index (χ1n) is 11.4. The third kappa shape index (κ3) is 6.89. The molecule has 0 bridgehead atoms. The van der Waals surface area contributed by atoms with E-state index in [-0.39, 0.29) is 0 Å². The van der Waals surface area contributed by atoms with Crippen LogP contribution in [-0.4, -0.2) is 16.1 Å². The summed E-state index contributed by atoms with van der Waals surface area (Å²) in [5.41, 5.74) is 10.8. The maximum atomic E-state index is 3.58. The molecule has 30 heavy (non-hydrogen) atoms. The molecule has 0 fully saturated rings. The van der Waals surface area contributed by atoms with Crippen LogP contribution in [0.25, 0.3) is 0 Å². The highest BCUT2D eigenvalue weighted by molar-refractivity contribution is 6.91. The average molecular weight is 435 g/mol. The van der Waals surface area contributed by atoms with E-state index < -0.39 is 16.1 Å². The van der Waals surface area contributed by atoms with E-state index in [0.29, 0.717) is 33.2 Å². The smallest absolute Gasteiger partial charge is 0.116 e. The molecule has 162 valence electrons. The van der Waals surface area contributed by atoms with Gasteiger partial charge in [-0.15, -0.1) is 11.1 Å². The Balaban J connectivity index is 5.48. The molecular formula is C28H42Si2. The summed E-state index contributed by atoms with van der Waals surface area (Å²) in [4.78, 5) is 0. The van der Waals surface area contributed by atoms with E-state index in [0.717, 1.165) is 0 Å². The van der Waals surface area contributed by atoms with Crippen molar-refractivity contribution in [3.05, 3.63) is 0 Å². The van der Waals surface area contributed by atoms with Crippen molar-refractivity contribution in [3.8, 4) is 58.5 Å². The molecule has 0 N–H and O–H groups in total. The lowest BCUT2D eigenvalue weighted by atomic mass is 10.5. The zero-order valence-corrected chi connectivity index (χ0v) is 23.5. The van der Waals surface area contributed by atoms with Crippen LogP contribution in [0.5, 0.6) is 0 Å². The summed E-state index contributed by atoms with van der Waals surface area (Å²) in [6.07, 6.45) is 0. The lowest BCUT2D eigenvalue weighted by molar-refractivity contribution is 0.838. The summed E-state index contributed by atoms with van der Waals surface area (Å²) in [6.45, 7) is 27.7. The standard InChI is InChI=1S/C28H42Si2/c1-23(2)29(24(3)4,25(5)6)21-19-17-15-13-14-16-18-20-22-30(26(7)8,27(9)10)28(11)12/h23-28H,1-12H3. The van der Waals surface area contributed by atoms with Crippen molar-refractivity contribution in [1.29, 1.82) is 0 Å². The van der Waals surface area contributed by atoms with E-state index >= 15 is 0 Å². The quantitative estimate of drug-likeness (QED) is 0.301. The maximum Gasteiger partial charge on any atom is 0.147 e. The Kier molecular flexibility index (Phi) is 12.1. The van der Waals surface area contributed by atoms with E-state index in [4.69, 9.17) is 0 Å². The third-order valence-electron chi connectivity index (χ3n) is 6.73. The van der Waals surface area contributed by atoms with Gasteiger partial charge in [0.1, 0.15) is 16.1 Å². The highest BCUT2D eigenvalue weighted by Gasteiger charge is 2.42. The minimum atomic E-state index is -1.71. The summed E-state index contributed by atoms with van der Waals surface area (Å²) in [6, 6.07) is 0. The lowest BCUT2D eigenvalue weighted by Gasteiger charge is -2.37. The first kappa shape index (κ1) is 28.2. The van der Waals surface area contributed by atoms with E-state index in [1.807, 2.05) is 0 Å². The first-order chi connectivity index (χ1) is 13.9. The van der Waals surface area contributed by atoms with Gasteiger partial charge in [-0.25, -0.2) is 0 Å². The van der Waals surface area contributed by atoms with Crippen molar-refractivity contribution < 1.29 is 0 Å². The number of rotatable bonds is 6.